The van der Waals surface area contributed by atoms with E-state index in [0.29, 0.717) is 31.4 Å². The molecule has 1 aliphatic carbocycles. The number of amides is 1. The molecule has 3 aliphatic rings. The first kappa shape index (κ1) is 18.0. The van der Waals surface area contributed by atoms with Crippen molar-refractivity contribution in [3.8, 4) is 10.6 Å². The summed E-state index contributed by atoms with van der Waals surface area (Å²) in [6, 6.07) is 5.87. The number of morpholine rings is 1. The number of anilines is 1. The molecule has 1 amide bonds. The van der Waals surface area contributed by atoms with E-state index in [9.17, 15) is 4.79 Å². The van der Waals surface area contributed by atoms with Crippen LogP contribution in [0.2, 0.25) is 0 Å². The molecule has 9 heteroatoms. The van der Waals surface area contributed by atoms with Gasteiger partial charge in [-0.3, -0.25) is 9.89 Å². The van der Waals surface area contributed by atoms with Gasteiger partial charge in [0.15, 0.2) is 5.69 Å². The van der Waals surface area contributed by atoms with Crippen molar-refractivity contribution in [1.82, 2.24) is 25.1 Å². The summed E-state index contributed by atoms with van der Waals surface area (Å²) in [5.41, 5.74) is 3.72. The van der Waals surface area contributed by atoms with E-state index in [2.05, 4.69) is 20.1 Å². The van der Waals surface area contributed by atoms with Crippen LogP contribution in [0.5, 0.6) is 0 Å². The number of hydrogen-bond acceptors (Lipinski definition) is 7. The second kappa shape index (κ2) is 7.17. The van der Waals surface area contributed by atoms with Crippen LogP contribution in [0.1, 0.15) is 27.7 Å². The standard InChI is InChI=1S/C21H22N6O2S/c28-20(17-9-16(24-25-17)18-2-1-7-30-18)27-11-14-8-13-10-22-21(23-19(13)15(14)12-27)26-3-5-29-6-4-26/h1-2,7,9-10,14-15H,3-6,8,11-12H2,(H,24,25)/t14-,15+/m1/s1. The Morgan fingerprint density at radius 1 is 1.27 bits per heavy atom. The summed E-state index contributed by atoms with van der Waals surface area (Å²) < 4.78 is 5.44. The van der Waals surface area contributed by atoms with Crippen molar-refractivity contribution in [1.29, 1.82) is 0 Å². The highest BCUT2D eigenvalue weighted by atomic mass is 32.1. The van der Waals surface area contributed by atoms with Crippen molar-refractivity contribution in [2.24, 2.45) is 5.92 Å². The number of aromatic amines is 1. The smallest absolute Gasteiger partial charge is 0.274 e. The van der Waals surface area contributed by atoms with Gasteiger partial charge in [0.05, 0.1) is 29.5 Å². The number of carbonyl (C=O) groups excluding carboxylic acids is 1. The van der Waals surface area contributed by atoms with Gasteiger partial charge >= 0.3 is 0 Å². The predicted molar refractivity (Wildman–Crippen MR) is 113 cm³/mol. The van der Waals surface area contributed by atoms with Crippen LogP contribution in [0.4, 0.5) is 5.95 Å². The molecule has 2 saturated heterocycles. The zero-order valence-electron chi connectivity index (χ0n) is 16.5. The minimum atomic E-state index is -0.00698. The third kappa shape index (κ3) is 3.00. The summed E-state index contributed by atoms with van der Waals surface area (Å²) in [7, 11) is 0. The van der Waals surface area contributed by atoms with E-state index in [1.54, 1.807) is 11.3 Å². The number of likely N-dealkylation sites (tertiary alicyclic amines) is 1. The number of nitrogens with one attached hydrogen (secondary N) is 1. The summed E-state index contributed by atoms with van der Waals surface area (Å²) in [6.07, 6.45) is 2.92. The van der Waals surface area contributed by atoms with Crippen LogP contribution in [0.25, 0.3) is 10.6 Å². The molecular formula is C21H22N6O2S. The molecule has 30 heavy (non-hydrogen) atoms. The molecule has 0 radical (unpaired) electrons. The van der Waals surface area contributed by atoms with E-state index >= 15 is 0 Å². The van der Waals surface area contributed by atoms with E-state index in [-0.39, 0.29) is 11.8 Å². The zero-order chi connectivity index (χ0) is 20.1. The lowest BCUT2D eigenvalue weighted by Gasteiger charge is -2.27. The average Bonchev–Trinajstić information content (AvgIpc) is 3.57. The van der Waals surface area contributed by atoms with Crippen LogP contribution in [0.15, 0.2) is 29.8 Å². The van der Waals surface area contributed by atoms with E-state index in [1.165, 1.54) is 5.56 Å². The molecule has 154 valence electrons. The maximum Gasteiger partial charge on any atom is 0.274 e. The van der Waals surface area contributed by atoms with E-state index in [1.807, 2.05) is 34.7 Å². The fraction of sp³-hybridized carbons (Fsp3) is 0.429. The molecule has 0 bridgehead atoms. The number of rotatable bonds is 3. The Morgan fingerprint density at radius 2 is 2.17 bits per heavy atom. The van der Waals surface area contributed by atoms with Crippen LogP contribution in [0, 0.1) is 5.92 Å². The SMILES string of the molecule is O=C(c1cc(-c2cccs2)[nH]n1)N1C[C@H]2Cc3cnc(N4CCOCC4)nc3[C@H]2C1. The number of fused-ring (bicyclic) bond motifs is 3. The van der Waals surface area contributed by atoms with Gasteiger partial charge in [0.2, 0.25) is 5.95 Å². The van der Waals surface area contributed by atoms with Crippen LogP contribution in [-0.2, 0) is 11.2 Å². The Hall–Kier alpha value is -2.78. The average molecular weight is 423 g/mol. The first-order chi connectivity index (χ1) is 14.8. The fourth-order valence-corrected chi connectivity index (χ4v) is 5.48. The third-order valence-corrected chi connectivity index (χ3v) is 7.23. The molecule has 3 aromatic heterocycles. The summed E-state index contributed by atoms with van der Waals surface area (Å²) >= 11 is 1.63. The largest absolute Gasteiger partial charge is 0.378 e. The van der Waals surface area contributed by atoms with Gasteiger partial charge in [-0.25, -0.2) is 9.97 Å². The Morgan fingerprint density at radius 3 is 3.00 bits per heavy atom. The van der Waals surface area contributed by atoms with Crippen molar-refractivity contribution in [2.75, 3.05) is 44.3 Å². The molecule has 0 unspecified atom stereocenters. The minimum absolute atomic E-state index is 0.00698. The summed E-state index contributed by atoms with van der Waals surface area (Å²) in [6.45, 7) is 4.51. The monoisotopic (exact) mass is 422 g/mol. The first-order valence-corrected chi connectivity index (χ1v) is 11.2. The van der Waals surface area contributed by atoms with Gasteiger partial charge in [-0.1, -0.05) is 6.07 Å². The number of nitrogens with zero attached hydrogens (tertiary/aromatic N) is 5. The Bertz CT molecular complexity index is 1080. The second-order valence-electron chi connectivity index (χ2n) is 8.10. The quantitative estimate of drug-likeness (QED) is 0.696. The van der Waals surface area contributed by atoms with Crippen molar-refractivity contribution in [2.45, 2.75) is 12.3 Å². The Kier molecular flexibility index (Phi) is 4.31. The molecule has 2 atom stereocenters. The lowest BCUT2D eigenvalue weighted by Crippen LogP contribution is -2.37. The summed E-state index contributed by atoms with van der Waals surface area (Å²) in [5.74, 6) is 1.47. The zero-order valence-corrected chi connectivity index (χ0v) is 17.3. The van der Waals surface area contributed by atoms with Crippen LogP contribution in [0.3, 0.4) is 0 Å². The third-order valence-electron chi connectivity index (χ3n) is 6.32. The lowest BCUT2D eigenvalue weighted by atomic mass is 9.99. The molecule has 6 rings (SSSR count). The first-order valence-electron chi connectivity index (χ1n) is 10.3. The number of aromatic nitrogens is 4. The normalized spacial score (nSPS) is 22.9. The van der Waals surface area contributed by atoms with E-state index in [4.69, 9.17) is 9.72 Å². The summed E-state index contributed by atoms with van der Waals surface area (Å²) in [5, 5.41) is 9.29. The highest BCUT2D eigenvalue weighted by Crippen LogP contribution is 2.42. The predicted octanol–water partition coefficient (Wildman–Crippen LogP) is 2.18. The maximum absolute atomic E-state index is 13.1. The molecule has 2 aliphatic heterocycles. The van der Waals surface area contributed by atoms with Gasteiger partial charge in [0.25, 0.3) is 5.91 Å². The highest BCUT2D eigenvalue weighted by molar-refractivity contribution is 7.13. The van der Waals surface area contributed by atoms with Gasteiger partial charge in [-0.15, -0.1) is 11.3 Å². The Balaban J connectivity index is 1.20. The number of ether oxygens (including phenoxy) is 1. The molecule has 3 aromatic rings. The molecule has 0 spiro atoms. The van der Waals surface area contributed by atoms with Gasteiger partial charge in [0.1, 0.15) is 0 Å². The number of carbonyl (C=O) groups is 1. The van der Waals surface area contributed by atoms with E-state index in [0.717, 1.165) is 48.3 Å². The Labute approximate surface area is 177 Å². The molecule has 2 fully saturated rings. The topological polar surface area (TPSA) is 87.2 Å². The molecule has 8 nitrogen and oxygen atoms in total. The molecule has 0 aromatic carbocycles. The second-order valence-corrected chi connectivity index (χ2v) is 9.05. The van der Waals surface area contributed by atoms with E-state index < -0.39 is 0 Å². The van der Waals surface area contributed by atoms with Crippen molar-refractivity contribution < 1.29 is 9.53 Å². The highest BCUT2D eigenvalue weighted by Gasteiger charge is 2.43. The molecule has 1 N–H and O–H groups in total. The molecule has 5 heterocycles. The van der Waals surface area contributed by atoms with Crippen molar-refractivity contribution >= 4 is 23.2 Å². The van der Waals surface area contributed by atoms with Gasteiger partial charge in [-0.2, -0.15) is 5.10 Å². The number of hydrogen-bond donors (Lipinski definition) is 1. The molecular weight excluding hydrogens is 400 g/mol. The lowest BCUT2D eigenvalue weighted by molar-refractivity contribution is 0.0779. The minimum Gasteiger partial charge on any atom is -0.378 e. The van der Waals surface area contributed by atoms with Crippen LogP contribution in [-0.4, -0.2) is 70.4 Å². The van der Waals surface area contributed by atoms with Crippen LogP contribution < -0.4 is 4.90 Å². The number of thiophene rings is 1. The van der Waals surface area contributed by atoms with Crippen molar-refractivity contribution in [3.05, 3.63) is 46.7 Å². The fourth-order valence-electron chi connectivity index (χ4n) is 4.79. The molecule has 0 saturated carbocycles. The number of H-pyrrole nitrogens is 1. The van der Waals surface area contributed by atoms with Gasteiger partial charge < -0.3 is 14.5 Å². The van der Waals surface area contributed by atoms with Crippen LogP contribution >= 0.6 is 11.3 Å². The van der Waals surface area contributed by atoms with Crippen molar-refractivity contribution in [3.63, 3.8) is 0 Å². The summed E-state index contributed by atoms with van der Waals surface area (Å²) in [4.78, 5) is 27.8. The van der Waals surface area contributed by atoms with Gasteiger partial charge in [-0.05, 0) is 35.4 Å². The van der Waals surface area contributed by atoms with Gasteiger partial charge in [0, 0.05) is 38.3 Å². The maximum atomic E-state index is 13.1.